The molecule has 0 aliphatic carbocycles. The number of rotatable bonds is 5. The summed E-state index contributed by atoms with van der Waals surface area (Å²) < 4.78 is 48.7. The van der Waals surface area contributed by atoms with Crippen LogP contribution in [0.2, 0.25) is 0 Å². The van der Waals surface area contributed by atoms with Gasteiger partial charge >= 0.3 is 6.18 Å². The zero-order valence-corrected chi connectivity index (χ0v) is 7.49. The molecular formula is C8H14F4O. The van der Waals surface area contributed by atoms with Gasteiger partial charge in [0.25, 0.3) is 0 Å². The molecule has 0 rings (SSSR count). The Morgan fingerprint density at radius 1 is 1.15 bits per heavy atom. The number of hydrogen-bond donors (Lipinski definition) is 1. The van der Waals surface area contributed by atoms with Crippen LogP contribution in [0.15, 0.2) is 0 Å². The maximum Gasteiger partial charge on any atom is 0.392 e. The lowest BCUT2D eigenvalue weighted by Gasteiger charge is -2.23. The molecule has 0 radical (unpaired) electrons. The Hall–Kier alpha value is -0.320. The highest BCUT2D eigenvalue weighted by Gasteiger charge is 2.42. The Balaban J connectivity index is 4.11. The van der Waals surface area contributed by atoms with E-state index in [4.69, 9.17) is 5.11 Å². The van der Waals surface area contributed by atoms with Crippen LogP contribution in [0.4, 0.5) is 17.6 Å². The third-order valence-electron chi connectivity index (χ3n) is 1.78. The molecule has 0 aromatic carbocycles. The van der Waals surface area contributed by atoms with Crippen molar-refractivity contribution in [2.45, 2.75) is 44.5 Å². The van der Waals surface area contributed by atoms with E-state index in [-0.39, 0.29) is 6.42 Å². The molecule has 1 N–H and O–H groups in total. The Labute approximate surface area is 74.8 Å². The van der Waals surface area contributed by atoms with Gasteiger partial charge in [0, 0.05) is 0 Å². The molecule has 0 spiro atoms. The predicted molar refractivity (Wildman–Crippen MR) is 41.1 cm³/mol. The van der Waals surface area contributed by atoms with Crippen LogP contribution >= 0.6 is 0 Å². The zero-order valence-electron chi connectivity index (χ0n) is 7.49. The number of hydrogen-bond acceptors (Lipinski definition) is 1. The van der Waals surface area contributed by atoms with E-state index in [2.05, 4.69) is 0 Å². The highest BCUT2D eigenvalue weighted by atomic mass is 19.4. The second-order valence-corrected chi connectivity index (χ2v) is 3.20. The van der Waals surface area contributed by atoms with E-state index in [1.807, 2.05) is 0 Å². The van der Waals surface area contributed by atoms with Crippen LogP contribution in [-0.2, 0) is 0 Å². The Morgan fingerprint density at radius 2 is 1.69 bits per heavy atom. The van der Waals surface area contributed by atoms with Gasteiger partial charge in [-0.2, -0.15) is 13.2 Å². The van der Waals surface area contributed by atoms with Crippen LogP contribution in [0.25, 0.3) is 0 Å². The van der Waals surface area contributed by atoms with Crippen LogP contribution in [0.5, 0.6) is 0 Å². The van der Waals surface area contributed by atoms with Crippen LogP contribution in [0.3, 0.4) is 0 Å². The average Bonchev–Trinajstić information content (AvgIpc) is 1.98. The molecule has 0 heterocycles. The van der Waals surface area contributed by atoms with E-state index in [0.717, 1.165) is 0 Å². The quantitative estimate of drug-likeness (QED) is 0.679. The monoisotopic (exact) mass is 202 g/mol. The maximum absolute atomic E-state index is 13.2. The van der Waals surface area contributed by atoms with Crippen molar-refractivity contribution in [2.24, 2.45) is 0 Å². The molecule has 13 heavy (non-hydrogen) atoms. The van der Waals surface area contributed by atoms with Gasteiger partial charge in [-0.15, -0.1) is 0 Å². The first-order chi connectivity index (χ1) is 5.83. The summed E-state index contributed by atoms with van der Waals surface area (Å²) in [7, 11) is 0. The summed E-state index contributed by atoms with van der Waals surface area (Å²) in [4.78, 5) is 0. The van der Waals surface area contributed by atoms with Crippen LogP contribution in [0.1, 0.15) is 32.6 Å². The molecule has 0 aromatic rings. The number of unbranched alkanes of at least 4 members (excludes halogenated alkanes) is 1. The predicted octanol–water partition coefficient (Wildman–Crippen LogP) is 2.83. The molecule has 80 valence electrons. The first-order valence-electron chi connectivity index (χ1n) is 4.19. The fourth-order valence-corrected chi connectivity index (χ4v) is 1.08. The largest absolute Gasteiger partial charge is 0.393 e. The van der Waals surface area contributed by atoms with E-state index < -0.39 is 24.9 Å². The first kappa shape index (κ1) is 12.7. The van der Waals surface area contributed by atoms with Crippen molar-refractivity contribution in [1.82, 2.24) is 0 Å². The van der Waals surface area contributed by atoms with Crippen molar-refractivity contribution in [3.63, 3.8) is 0 Å². The average molecular weight is 202 g/mol. The molecule has 1 atom stereocenters. The number of alkyl halides is 4. The van der Waals surface area contributed by atoms with Gasteiger partial charge in [-0.05, 0) is 6.42 Å². The normalized spacial score (nSPS) is 17.1. The van der Waals surface area contributed by atoms with Gasteiger partial charge in [0.2, 0.25) is 0 Å². The van der Waals surface area contributed by atoms with Gasteiger partial charge in [-0.1, -0.05) is 19.8 Å². The SMILES string of the molecule is CCCCC(F)(CO)CC(F)(F)F. The molecule has 1 unspecified atom stereocenters. The highest BCUT2D eigenvalue weighted by molar-refractivity contribution is 4.81. The van der Waals surface area contributed by atoms with Crippen molar-refractivity contribution in [3.8, 4) is 0 Å². The maximum atomic E-state index is 13.2. The molecule has 0 aliphatic rings. The molecule has 5 heteroatoms. The van der Waals surface area contributed by atoms with Crippen molar-refractivity contribution in [1.29, 1.82) is 0 Å². The number of aliphatic hydroxyl groups excluding tert-OH is 1. The number of aliphatic hydroxyl groups is 1. The van der Waals surface area contributed by atoms with Gasteiger partial charge in [-0.3, -0.25) is 0 Å². The Morgan fingerprint density at radius 3 is 2.00 bits per heavy atom. The fraction of sp³-hybridized carbons (Fsp3) is 1.00. The standard InChI is InChI=1S/C8H14F4O/c1-2-3-4-7(9,6-13)5-8(10,11)12/h13H,2-6H2,1H3. The lowest BCUT2D eigenvalue weighted by Crippen LogP contribution is -2.34. The summed E-state index contributed by atoms with van der Waals surface area (Å²) in [5.74, 6) is 0. The second kappa shape index (κ2) is 4.79. The summed E-state index contributed by atoms with van der Waals surface area (Å²) in [6.07, 6.45) is -5.38. The summed E-state index contributed by atoms with van der Waals surface area (Å²) in [6.45, 7) is 0.692. The van der Waals surface area contributed by atoms with Gasteiger partial charge < -0.3 is 5.11 Å². The molecule has 0 amide bonds. The third-order valence-corrected chi connectivity index (χ3v) is 1.78. The van der Waals surface area contributed by atoms with Crippen LogP contribution in [-0.4, -0.2) is 23.6 Å². The molecule has 0 aromatic heterocycles. The number of halogens is 4. The van der Waals surface area contributed by atoms with E-state index in [1.165, 1.54) is 0 Å². The highest BCUT2D eigenvalue weighted by Crippen LogP contribution is 2.33. The minimum absolute atomic E-state index is 0.237. The Kier molecular flexibility index (Phi) is 4.67. The van der Waals surface area contributed by atoms with E-state index in [1.54, 1.807) is 6.92 Å². The van der Waals surface area contributed by atoms with Gasteiger partial charge in [0.05, 0.1) is 13.0 Å². The lowest BCUT2D eigenvalue weighted by molar-refractivity contribution is -0.168. The van der Waals surface area contributed by atoms with Crippen molar-refractivity contribution >= 4 is 0 Å². The molecule has 1 nitrogen and oxygen atoms in total. The molecule has 0 fully saturated rings. The molecular weight excluding hydrogens is 188 g/mol. The molecule has 0 saturated carbocycles. The summed E-state index contributed by atoms with van der Waals surface area (Å²) in [5, 5.41) is 8.50. The first-order valence-corrected chi connectivity index (χ1v) is 4.19. The van der Waals surface area contributed by atoms with Crippen molar-refractivity contribution < 1.29 is 22.7 Å². The topological polar surface area (TPSA) is 20.2 Å². The molecule has 0 aliphatic heterocycles. The summed E-state index contributed by atoms with van der Waals surface area (Å²) in [5.41, 5.74) is -2.49. The van der Waals surface area contributed by atoms with E-state index in [9.17, 15) is 17.6 Å². The van der Waals surface area contributed by atoms with Crippen LogP contribution in [0, 0.1) is 0 Å². The van der Waals surface area contributed by atoms with Crippen molar-refractivity contribution in [2.75, 3.05) is 6.61 Å². The van der Waals surface area contributed by atoms with Crippen LogP contribution < -0.4 is 0 Å². The van der Waals surface area contributed by atoms with Gasteiger partial charge in [0.1, 0.15) is 5.67 Å². The smallest absolute Gasteiger partial charge is 0.392 e. The second-order valence-electron chi connectivity index (χ2n) is 3.20. The van der Waals surface area contributed by atoms with Gasteiger partial charge in [0.15, 0.2) is 0 Å². The summed E-state index contributed by atoms with van der Waals surface area (Å²) in [6, 6.07) is 0. The van der Waals surface area contributed by atoms with Crippen molar-refractivity contribution in [3.05, 3.63) is 0 Å². The van der Waals surface area contributed by atoms with E-state index in [0.29, 0.717) is 12.8 Å². The zero-order chi connectivity index (χ0) is 10.5. The summed E-state index contributed by atoms with van der Waals surface area (Å²) >= 11 is 0. The lowest BCUT2D eigenvalue weighted by atomic mass is 9.96. The fourth-order valence-electron chi connectivity index (χ4n) is 1.08. The van der Waals surface area contributed by atoms with E-state index >= 15 is 0 Å². The molecule has 0 saturated heterocycles. The third kappa shape index (κ3) is 5.85. The minimum atomic E-state index is -4.55. The Bertz CT molecular complexity index is 146. The van der Waals surface area contributed by atoms with Gasteiger partial charge in [-0.25, -0.2) is 4.39 Å². The minimum Gasteiger partial charge on any atom is -0.393 e. The molecule has 0 bridgehead atoms.